The van der Waals surface area contributed by atoms with Gasteiger partial charge in [0.2, 0.25) is 0 Å². The third-order valence-corrected chi connectivity index (χ3v) is 4.73. The zero-order chi connectivity index (χ0) is 13.0. The van der Waals surface area contributed by atoms with E-state index >= 15 is 0 Å². The Balaban J connectivity index is 2.62. The van der Waals surface area contributed by atoms with Crippen LogP contribution in [0.4, 0.5) is 0 Å². The van der Waals surface area contributed by atoms with Crippen LogP contribution in [-0.4, -0.2) is 15.0 Å². The van der Waals surface area contributed by atoms with E-state index in [-0.39, 0.29) is 0 Å². The quantitative estimate of drug-likeness (QED) is 0.615. The molecule has 0 aliphatic carbocycles. The third-order valence-electron chi connectivity index (χ3n) is 3.55. The van der Waals surface area contributed by atoms with Crippen molar-refractivity contribution >= 4 is 31.8 Å². The van der Waals surface area contributed by atoms with Crippen LogP contribution in [0.2, 0.25) is 0 Å². The highest BCUT2D eigenvalue weighted by Crippen LogP contribution is 2.36. The minimum atomic E-state index is 0.831. The number of thiophene rings is 1. The van der Waals surface area contributed by atoms with Gasteiger partial charge in [-0.1, -0.05) is 0 Å². The molecule has 0 saturated heterocycles. The van der Waals surface area contributed by atoms with E-state index in [1.807, 2.05) is 13.8 Å². The fourth-order valence-corrected chi connectivity index (χ4v) is 3.52. The predicted octanol–water partition coefficient (Wildman–Crippen LogP) is 3.78. The average molecular weight is 257 g/mol. The van der Waals surface area contributed by atoms with Gasteiger partial charge in [-0.2, -0.15) is 0 Å². The average Bonchev–Trinajstić information content (AvgIpc) is 2.65. The minimum absolute atomic E-state index is 0.831. The van der Waals surface area contributed by atoms with Crippen LogP contribution in [0.1, 0.15) is 28.3 Å². The lowest BCUT2D eigenvalue weighted by Crippen LogP contribution is -1.93. The molecule has 0 spiro atoms. The van der Waals surface area contributed by atoms with E-state index in [2.05, 4.69) is 30.7 Å². The highest BCUT2D eigenvalue weighted by molar-refractivity contribution is 7.25. The van der Waals surface area contributed by atoms with Gasteiger partial charge in [0.15, 0.2) is 0 Å². The Hall–Kier alpha value is -1.55. The summed E-state index contributed by atoms with van der Waals surface area (Å²) in [7, 11) is 0. The van der Waals surface area contributed by atoms with Crippen molar-refractivity contribution in [3.63, 3.8) is 0 Å². The van der Waals surface area contributed by atoms with Crippen LogP contribution in [0.5, 0.6) is 0 Å². The maximum Gasteiger partial charge on any atom is 0.126 e. The van der Waals surface area contributed by atoms with Crippen LogP contribution >= 0.6 is 11.3 Å². The number of nitrogens with zero attached hydrogens (tertiary/aromatic N) is 3. The molecule has 0 aliphatic rings. The number of rotatable bonds is 0. The molecule has 0 aliphatic heterocycles. The van der Waals surface area contributed by atoms with E-state index < -0.39 is 0 Å². The molecule has 0 N–H and O–H groups in total. The van der Waals surface area contributed by atoms with Gasteiger partial charge in [0.1, 0.15) is 10.7 Å². The van der Waals surface area contributed by atoms with Gasteiger partial charge in [0, 0.05) is 11.1 Å². The fourth-order valence-electron chi connectivity index (χ4n) is 2.35. The minimum Gasteiger partial charge on any atom is -0.242 e. The summed E-state index contributed by atoms with van der Waals surface area (Å²) in [5.74, 6) is 0.831. The Kier molecular flexibility index (Phi) is 2.38. The zero-order valence-corrected chi connectivity index (χ0v) is 12.1. The summed E-state index contributed by atoms with van der Waals surface area (Å²) in [6.45, 7) is 10.3. The van der Waals surface area contributed by atoms with Crippen molar-refractivity contribution in [3.8, 4) is 0 Å². The summed E-state index contributed by atoms with van der Waals surface area (Å²) >= 11 is 1.70. The van der Waals surface area contributed by atoms with Gasteiger partial charge >= 0.3 is 0 Å². The summed E-state index contributed by atoms with van der Waals surface area (Å²) in [6.07, 6.45) is 0. The third kappa shape index (κ3) is 1.45. The van der Waals surface area contributed by atoms with Gasteiger partial charge in [-0.25, -0.2) is 15.0 Å². The number of aryl methyl sites for hydroxylation is 4. The lowest BCUT2D eigenvalue weighted by Gasteiger charge is -2.05. The number of hydrogen-bond acceptors (Lipinski definition) is 4. The number of hydrogen-bond donors (Lipinski definition) is 0. The standard InChI is InChI=1S/C14H15N3S/c1-6-7(2)11-12-13(9(4)15-10(5)17-12)18-14(11)16-8(6)3/h1-5H3. The monoisotopic (exact) mass is 257 g/mol. The molecular weight excluding hydrogens is 242 g/mol. The molecule has 18 heavy (non-hydrogen) atoms. The summed E-state index contributed by atoms with van der Waals surface area (Å²) in [4.78, 5) is 14.8. The lowest BCUT2D eigenvalue weighted by molar-refractivity contribution is 1.06. The van der Waals surface area contributed by atoms with Crippen LogP contribution in [0.15, 0.2) is 0 Å². The van der Waals surface area contributed by atoms with Crippen LogP contribution < -0.4 is 0 Å². The summed E-state index contributed by atoms with van der Waals surface area (Å²) in [6, 6.07) is 0. The van der Waals surface area contributed by atoms with E-state index in [1.165, 1.54) is 16.5 Å². The molecule has 3 rings (SSSR count). The first-order chi connectivity index (χ1) is 8.49. The molecule has 0 atom stereocenters. The lowest BCUT2D eigenvalue weighted by atomic mass is 10.1. The molecule has 3 aromatic rings. The SMILES string of the molecule is Cc1nc(C)c2sc3nc(C)c(C)c(C)c3c2n1. The van der Waals surface area contributed by atoms with Gasteiger partial charge < -0.3 is 0 Å². The highest BCUT2D eigenvalue weighted by atomic mass is 32.1. The van der Waals surface area contributed by atoms with E-state index in [9.17, 15) is 0 Å². The van der Waals surface area contributed by atoms with E-state index in [0.717, 1.165) is 32.3 Å². The van der Waals surface area contributed by atoms with Crippen molar-refractivity contribution in [2.45, 2.75) is 34.6 Å². The van der Waals surface area contributed by atoms with Gasteiger partial charge in [-0.15, -0.1) is 11.3 Å². The molecule has 3 heterocycles. The number of fused-ring (bicyclic) bond motifs is 3. The molecule has 0 bridgehead atoms. The van der Waals surface area contributed by atoms with Crippen LogP contribution in [-0.2, 0) is 0 Å². The van der Waals surface area contributed by atoms with E-state index in [1.54, 1.807) is 11.3 Å². The van der Waals surface area contributed by atoms with Crippen LogP contribution in [0.25, 0.3) is 20.4 Å². The van der Waals surface area contributed by atoms with Crippen molar-refractivity contribution in [3.05, 3.63) is 28.3 Å². The molecule has 0 saturated carbocycles. The first-order valence-corrected chi connectivity index (χ1v) is 6.82. The molecular formula is C14H15N3S. The van der Waals surface area contributed by atoms with Crippen molar-refractivity contribution in [1.29, 1.82) is 0 Å². The number of pyridine rings is 1. The molecule has 92 valence electrons. The highest BCUT2D eigenvalue weighted by Gasteiger charge is 2.15. The molecule has 0 unspecified atom stereocenters. The van der Waals surface area contributed by atoms with Gasteiger partial charge in [0.05, 0.1) is 15.9 Å². The van der Waals surface area contributed by atoms with Gasteiger partial charge in [0.25, 0.3) is 0 Å². The van der Waals surface area contributed by atoms with Crippen molar-refractivity contribution in [2.75, 3.05) is 0 Å². The Morgan fingerprint density at radius 1 is 0.778 bits per heavy atom. The zero-order valence-electron chi connectivity index (χ0n) is 11.2. The van der Waals surface area contributed by atoms with Gasteiger partial charge in [-0.3, -0.25) is 0 Å². The first kappa shape index (κ1) is 11.5. The van der Waals surface area contributed by atoms with Crippen molar-refractivity contribution in [1.82, 2.24) is 15.0 Å². The first-order valence-electron chi connectivity index (χ1n) is 6.00. The molecule has 0 amide bonds. The van der Waals surface area contributed by atoms with E-state index in [0.29, 0.717) is 0 Å². The summed E-state index contributed by atoms with van der Waals surface area (Å²) in [5.41, 5.74) is 5.77. The van der Waals surface area contributed by atoms with Crippen LogP contribution in [0.3, 0.4) is 0 Å². The fraction of sp³-hybridized carbons (Fsp3) is 0.357. The number of aromatic nitrogens is 3. The molecule has 3 nitrogen and oxygen atoms in total. The van der Waals surface area contributed by atoms with Crippen molar-refractivity contribution < 1.29 is 0 Å². The van der Waals surface area contributed by atoms with Crippen molar-refractivity contribution in [2.24, 2.45) is 0 Å². The van der Waals surface area contributed by atoms with Crippen LogP contribution in [0, 0.1) is 34.6 Å². The smallest absolute Gasteiger partial charge is 0.126 e. The second-order valence-electron chi connectivity index (χ2n) is 4.76. The predicted molar refractivity (Wildman–Crippen MR) is 76.4 cm³/mol. The Morgan fingerprint density at radius 3 is 2.22 bits per heavy atom. The molecule has 4 heteroatoms. The largest absolute Gasteiger partial charge is 0.242 e. The normalized spacial score (nSPS) is 11.6. The maximum absolute atomic E-state index is 4.69. The summed E-state index contributed by atoms with van der Waals surface area (Å²) in [5, 5.41) is 1.20. The topological polar surface area (TPSA) is 38.7 Å². The van der Waals surface area contributed by atoms with E-state index in [4.69, 9.17) is 4.98 Å². The Bertz CT molecular complexity index is 787. The summed E-state index contributed by atoms with van der Waals surface area (Å²) < 4.78 is 1.16. The molecule has 3 aromatic heterocycles. The Morgan fingerprint density at radius 2 is 1.50 bits per heavy atom. The second-order valence-corrected chi connectivity index (χ2v) is 5.76. The Labute approximate surface area is 110 Å². The molecule has 0 aromatic carbocycles. The maximum atomic E-state index is 4.69. The molecule has 0 radical (unpaired) electrons. The van der Waals surface area contributed by atoms with Gasteiger partial charge in [-0.05, 0) is 45.7 Å². The molecule has 0 fully saturated rings. The second kappa shape index (κ2) is 3.72.